The molecule has 0 spiro atoms. The molecule has 0 atom stereocenters. The molecule has 0 heterocycles. The van der Waals surface area contributed by atoms with Gasteiger partial charge < -0.3 is 18.9 Å². The summed E-state index contributed by atoms with van der Waals surface area (Å²) in [6.07, 6.45) is 12.5. The van der Waals surface area contributed by atoms with Crippen LogP contribution in [0.5, 0.6) is 17.2 Å². The molecule has 0 amide bonds. The average molecular weight is 381 g/mol. The second-order valence-corrected chi connectivity index (χ2v) is 6.73. The third-order valence-corrected chi connectivity index (χ3v) is 4.63. The van der Waals surface area contributed by atoms with Gasteiger partial charge in [-0.05, 0) is 18.6 Å². The van der Waals surface area contributed by atoms with E-state index in [2.05, 4.69) is 6.92 Å². The largest absolute Gasteiger partial charge is 0.493 e. The number of carbonyl (C=O) groups is 1. The molecule has 0 saturated carbocycles. The first kappa shape index (κ1) is 23.1. The summed E-state index contributed by atoms with van der Waals surface area (Å²) in [5.74, 6) is 0.988. The molecule has 0 saturated heterocycles. The molecule has 1 rings (SSSR count). The Bertz CT molecular complexity index is 516. The van der Waals surface area contributed by atoms with Gasteiger partial charge in [-0.3, -0.25) is 0 Å². The van der Waals surface area contributed by atoms with Gasteiger partial charge in [0.05, 0.1) is 33.5 Å². The summed E-state index contributed by atoms with van der Waals surface area (Å²) in [6.45, 7) is 2.68. The minimum absolute atomic E-state index is 0.370. The Balaban J connectivity index is 2.27. The minimum Gasteiger partial charge on any atom is -0.493 e. The van der Waals surface area contributed by atoms with Gasteiger partial charge in [-0.1, -0.05) is 64.7 Å². The molecule has 5 heteroatoms. The monoisotopic (exact) mass is 380 g/mol. The first-order valence-electron chi connectivity index (χ1n) is 10.1. The van der Waals surface area contributed by atoms with Crippen molar-refractivity contribution >= 4 is 5.97 Å². The molecule has 0 aliphatic carbocycles. The van der Waals surface area contributed by atoms with Crippen LogP contribution in [0.25, 0.3) is 0 Å². The summed E-state index contributed by atoms with van der Waals surface area (Å²) >= 11 is 0. The predicted molar refractivity (Wildman–Crippen MR) is 108 cm³/mol. The first-order valence-corrected chi connectivity index (χ1v) is 10.1. The van der Waals surface area contributed by atoms with Gasteiger partial charge in [-0.15, -0.1) is 0 Å². The van der Waals surface area contributed by atoms with E-state index in [9.17, 15) is 4.79 Å². The SMILES string of the molecule is CCCCCCCCCCCCOC(=O)c1cc(OC)c(OC)c(OC)c1. The van der Waals surface area contributed by atoms with Crippen LogP contribution >= 0.6 is 0 Å². The summed E-state index contributed by atoms with van der Waals surface area (Å²) in [5, 5.41) is 0. The maximum absolute atomic E-state index is 12.3. The molecule has 0 aliphatic heterocycles. The van der Waals surface area contributed by atoms with E-state index in [1.807, 2.05) is 0 Å². The van der Waals surface area contributed by atoms with E-state index >= 15 is 0 Å². The molecule has 0 aromatic heterocycles. The minimum atomic E-state index is -0.370. The fraction of sp³-hybridized carbons (Fsp3) is 0.682. The lowest BCUT2D eigenvalue weighted by Crippen LogP contribution is -2.08. The van der Waals surface area contributed by atoms with Crippen LogP contribution in [0.1, 0.15) is 81.5 Å². The van der Waals surface area contributed by atoms with Crippen molar-refractivity contribution in [2.75, 3.05) is 27.9 Å². The Morgan fingerprint density at radius 1 is 0.741 bits per heavy atom. The van der Waals surface area contributed by atoms with Crippen molar-refractivity contribution in [2.24, 2.45) is 0 Å². The molecule has 0 fully saturated rings. The van der Waals surface area contributed by atoms with Gasteiger partial charge in [0, 0.05) is 0 Å². The third kappa shape index (κ3) is 8.55. The van der Waals surface area contributed by atoms with Gasteiger partial charge in [0.1, 0.15) is 0 Å². The zero-order valence-corrected chi connectivity index (χ0v) is 17.5. The maximum Gasteiger partial charge on any atom is 0.338 e. The van der Waals surface area contributed by atoms with Crippen molar-refractivity contribution in [3.8, 4) is 17.2 Å². The van der Waals surface area contributed by atoms with Crippen LogP contribution < -0.4 is 14.2 Å². The van der Waals surface area contributed by atoms with E-state index in [4.69, 9.17) is 18.9 Å². The summed E-state index contributed by atoms with van der Waals surface area (Å²) in [7, 11) is 4.58. The van der Waals surface area contributed by atoms with Gasteiger partial charge in [0.2, 0.25) is 5.75 Å². The second kappa shape index (κ2) is 14.2. The van der Waals surface area contributed by atoms with E-state index < -0.39 is 0 Å². The van der Waals surface area contributed by atoms with Crippen LogP contribution in [0, 0.1) is 0 Å². The average Bonchev–Trinajstić information content (AvgIpc) is 2.70. The number of hydrogen-bond acceptors (Lipinski definition) is 5. The van der Waals surface area contributed by atoms with Gasteiger partial charge in [0.15, 0.2) is 11.5 Å². The summed E-state index contributed by atoms with van der Waals surface area (Å²) < 4.78 is 21.2. The van der Waals surface area contributed by atoms with Crippen molar-refractivity contribution < 1.29 is 23.7 Å². The molecule has 0 N–H and O–H groups in total. The van der Waals surface area contributed by atoms with Crippen molar-refractivity contribution in [3.63, 3.8) is 0 Å². The Morgan fingerprint density at radius 2 is 1.22 bits per heavy atom. The third-order valence-electron chi connectivity index (χ3n) is 4.63. The number of ether oxygens (including phenoxy) is 4. The number of esters is 1. The van der Waals surface area contributed by atoms with E-state index in [-0.39, 0.29) is 5.97 Å². The van der Waals surface area contributed by atoms with Crippen molar-refractivity contribution in [2.45, 2.75) is 71.1 Å². The van der Waals surface area contributed by atoms with Crippen LogP contribution in [-0.2, 0) is 4.74 Å². The molecule has 5 nitrogen and oxygen atoms in total. The van der Waals surface area contributed by atoms with E-state index in [1.165, 1.54) is 72.7 Å². The maximum atomic E-state index is 12.3. The molecule has 1 aromatic rings. The van der Waals surface area contributed by atoms with Crippen LogP contribution in [0.4, 0.5) is 0 Å². The molecule has 154 valence electrons. The first-order chi connectivity index (χ1) is 13.2. The zero-order chi connectivity index (χ0) is 19.9. The van der Waals surface area contributed by atoms with Gasteiger partial charge >= 0.3 is 5.97 Å². The number of benzene rings is 1. The van der Waals surface area contributed by atoms with Crippen LogP contribution in [0.2, 0.25) is 0 Å². The van der Waals surface area contributed by atoms with Gasteiger partial charge in [0.25, 0.3) is 0 Å². The Hall–Kier alpha value is -1.91. The molecule has 0 radical (unpaired) electrons. The molecular formula is C22H36O5. The Morgan fingerprint density at radius 3 is 1.67 bits per heavy atom. The fourth-order valence-electron chi connectivity index (χ4n) is 3.04. The lowest BCUT2D eigenvalue weighted by Gasteiger charge is -2.13. The number of hydrogen-bond donors (Lipinski definition) is 0. The Kier molecular flexibility index (Phi) is 12.2. The zero-order valence-electron chi connectivity index (χ0n) is 17.5. The highest BCUT2D eigenvalue weighted by atomic mass is 16.5. The van der Waals surface area contributed by atoms with Crippen molar-refractivity contribution in [1.29, 1.82) is 0 Å². The normalized spacial score (nSPS) is 10.5. The molecule has 1 aromatic carbocycles. The van der Waals surface area contributed by atoms with E-state index in [1.54, 1.807) is 12.1 Å². The van der Waals surface area contributed by atoms with Crippen LogP contribution in [-0.4, -0.2) is 33.9 Å². The topological polar surface area (TPSA) is 54.0 Å². The highest BCUT2D eigenvalue weighted by molar-refractivity contribution is 5.91. The number of unbranched alkanes of at least 4 members (excludes halogenated alkanes) is 9. The Labute approximate surface area is 164 Å². The van der Waals surface area contributed by atoms with E-state index in [0.717, 1.165) is 12.8 Å². The van der Waals surface area contributed by atoms with Gasteiger partial charge in [-0.2, -0.15) is 0 Å². The number of rotatable bonds is 15. The van der Waals surface area contributed by atoms with Crippen LogP contribution in [0.15, 0.2) is 12.1 Å². The van der Waals surface area contributed by atoms with E-state index in [0.29, 0.717) is 29.4 Å². The number of carbonyl (C=O) groups excluding carboxylic acids is 1. The summed E-state index contributed by atoms with van der Waals surface area (Å²) in [6, 6.07) is 3.23. The predicted octanol–water partition coefficient (Wildman–Crippen LogP) is 5.79. The lowest BCUT2D eigenvalue weighted by atomic mass is 10.1. The van der Waals surface area contributed by atoms with Crippen LogP contribution in [0.3, 0.4) is 0 Å². The fourth-order valence-corrected chi connectivity index (χ4v) is 3.04. The smallest absolute Gasteiger partial charge is 0.338 e. The summed E-state index contributed by atoms with van der Waals surface area (Å²) in [5.41, 5.74) is 0.400. The molecule has 0 unspecified atom stereocenters. The van der Waals surface area contributed by atoms with Crippen molar-refractivity contribution in [1.82, 2.24) is 0 Å². The quantitative estimate of drug-likeness (QED) is 0.285. The number of methoxy groups -OCH3 is 3. The summed E-state index contributed by atoms with van der Waals surface area (Å²) in [4.78, 5) is 12.3. The van der Waals surface area contributed by atoms with Crippen molar-refractivity contribution in [3.05, 3.63) is 17.7 Å². The second-order valence-electron chi connectivity index (χ2n) is 6.73. The van der Waals surface area contributed by atoms with Gasteiger partial charge in [-0.25, -0.2) is 4.79 Å². The molecule has 0 aliphatic rings. The highest BCUT2D eigenvalue weighted by Crippen LogP contribution is 2.38. The molecule has 0 bridgehead atoms. The lowest BCUT2D eigenvalue weighted by molar-refractivity contribution is 0.0496. The molecule has 27 heavy (non-hydrogen) atoms. The highest BCUT2D eigenvalue weighted by Gasteiger charge is 2.17. The standard InChI is InChI=1S/C22H36O5/c1-5-6-7-8-9-10-11-12-13-14-15-27-22(23)18-16-19(24-2)21(26-4)20(17-18)25-3/h16-17H,5-15H2,1-4H3. The molecular weight excluding hydrogens is 344 g/mol.